The zero-order valence-corrected chi connectivity index (χ0v) is 22.3. The van der Waals surface area contributed by atoms with Crippen molar-refractivity contribution in [3.8, 4) is 0 Å². The van der Waals surface area contributed by atoms with E-state index < -0.39 is 0 Å². The van der Waals surface area contributed by atoms with Crippen LogP contribution in [0.1, 0.15) is 21.5 Å². The molecular formula is C27H34IN5O. The van der Waals surface area contributed by atoms with Crippen LogP contribution in [0.5, 0.6) is 0 Å². The first-order valence-corrected chi connectivity index (χ1v) is 11.6. The number of carbonyl (C=O) groups excluding carboxylic acids is 1. The summed E-state index contributed by atoms with van der Waals surface area (Å²) in [6, 6.07) is 23.0. The number of hydrogen-bond donors (Lipinski definition) is 2. The average molecular weight is 572 g/mol. The number of hydrogen-bond acceptors (Lipinski definition) is 3. The van der Waals surface area contributed by atoms with Crippen LogP contribution in [0, 0.1) is 0 Å². The van der Waals surface area contributed by atoms with E-state index in [-0.39, 0.29) is 29.9 Å². The van der Waals surface area contributed by atoms with Crippen LogP contribution in [0.15, 0.2) is 71.7 Å². The second-order valence-corrected chi connectivity index (χ2v) is 8.40. The molecule has 7 heteroatoms. The first-order valence-electron chi connectivity index (χ1n) is 11.6. The number of halogens is 1. The minimum atomic E-state index is -0.0537. The summed E-state index contributed by atoms with van der Waals surface area (Å²) in [7, 11) is 3.50. The molecule has 0 aromatic heterocycles. The number of piperazine rings is 1. The van der Waals surface area contributed by atoms with E-state index in [2.05, 4.69) is 74.0 Å². The maximum Gasteiger partial charge on any atom is 0.251 e. The van der Waals surface area contributed by atoms with Crippen molar-refractivity contribution in [2.45, 2.75) is 13.0 Å². The van der Waals surface area contributed by atoms with Crippen LogP contribution >= 0.6 is 24.0 Å². The molecule has 1 saturated heterocycles. The largest absolute Gasteiger partial charge is 0.356 e. The normalized spacial score (nSPS) is 14.5. The van der Waals surface area contributed by atoms with Gasteiger partial charge in [0.05, 0.1) is 0 Å². The van der Waals surface area contributed by atoms with Gasteiger partial charge >= 0.3 is 0 Å². The van der Waals surface area contributed by atoms with Gasteiger partial charge in [0, 0.05) is 58.9 Å². The lowest BCUT2D eigenvalue weighted by Gasteiger charge is -2.36. The van der Waals surface area contributed by atoms with Crippen LogP contribution in [-0.4, -0.2) is 68.5 Å². The summed E-state index contributed by atoms with van der Waals surface area (Å²) in [6.07, 6.45) is 0.838. The number of nitrogens with zero attached hydrogens (tertiary/aromatic N) is 3. The Morgan fingerprint density at radius 3 is 2.47 bits per heavy atom. The number of amides is 1. The molecule has 180 valence electrons. The van der Waals surface area contributed by atoms with Gasteiger partial charge in [-0.25, -0.2) is 0 Å². The van der Waals surface area contributed by atoms with E-state index in [1.807, 2.05) is 25.2 Å². The molecule has 1 aliphatic heterocycles. The number of nitrogens with one attached hydrogen (secondary N) is 2. The molecule has 3 aromatic rings. The molecule has 34 heavy (non-hydrogen) atoms. The van der Waals surface area contributed by atoms with Gasteiger partial charge in [-0.2, -0.15) is 0 Å². The topological polar surface area (TPSA) is 60.0 Å². The third kappa shape index (κ3) is 6.48. The molecule has 0 spiro atoms. The van der Waals surface area contributed by atoms with E-state index in [0.717, 1.165) is 57.2 Å². The van der Waals surface area contributed by atoms with Crippen molar-refractivity contribution in [3.63, 3.8) is 0 Å². The van der Waals surface area contributed by atoms with Crippen LogP contribution in [-0.2, 0) is 13.0 Å². The summed E-state index contributed by atoms with van der Waals surface area (Å²) >= 11 is 0. The highest BCUT2D eigenvalue weighted by molar-refractivity contribution is 14.0. The lowest BCUT2D eigenvalue weighted by atomic mass is 10.0. The number of rotatable bonds is 6. The maximum atomic E-state index is 11.9. The summed E-state index contributed by atoms with van der Waals surface area (Å²) in [4.78, 5) is 21.2. The highest BCUT2D eigenvalue weighted by Crippen LogP contribution is 2.20. The lowest BCUT2D eigenvalue weighted by molar-refractivity contribution is 0.0963. The van der Waals surface area contributed by atoms with E-state index in [1.165, 1.54) is 16.3 Å². The van der Waals surface area contributed by atoms with Gasteiger partial charge in [0.1, 0.15) is 0 Å². The van der Waals surface area contributed by atoms with Crippen molar-refractivity contribution in [3.05, 3.63) is 83.4 Å². The third-order valence-corrected chi connectivity index (χ3v) is 6.27. The van der Waals surface area contributed by atoms with Crippen molar-refractivity contribution in [2.75, 3.05) is 46.8 Å². The van der Waals surface area contributed by atoms with E-state index in [9.17, 15) is 4.79 Å². The monoisotopic (exact) mass is 571 g/mol. The molecule has 0 radical (unpaired) electrons. The third-order valence-electron chi connectivity index (χ3n) is 6.27. The van der Waals surface area contributed by atoms with E-state index in [0.29, 0.717) is 5.56 Å². The SMILES string of the molecule is CN=C(NCCc1cccc(C(=O)NC)c1)N1CCN(Cc2cccc3ccccc23)CC1.I. The predicted octanol–water partition coefficient (Wildman–Crippen LogP) is 3.75. The van der Waals surface area contributed by atoms with Gasteiger partial charge in [0.15, 0.2) is 5.96 Å². The molecule has 2 N–H and O–H groups in total. The standard InChI is InChI=1S/C27H33N5O.HI/c1-28-26(33)23-10-5-7-21(19-23)13-14-30-27(29-2)32-17-15-31(16-18-32)20-24-11-6-9-22-8-3-4-12-25(22)24;/h3-12,19H,13-18,20H2,1-2H3,(H,28,33)(H,29,30);1H. The molecule has 0 aliphatic carbocycles. The van der Waals surface area contributed by atoms with Gasteiger partial charge < -0.3 is 15.5 Å². The Hall–Kier alpha value is -2.65. The first kappa shape index (κ1) is 26.0. The molecule has 4 rings (SSSR count). The molecular weight excluding hydrogens is 537 g/mol. The lowest BCUT2D eigenvalue weighted by Crippen LogP contribution is -2.52. The van der Waals surface area contributed by atoms with Gasteiger partial charge in [0.25, 0.3) is 5.91 Å². The fraction of sp³-hybridized carbons (Fsp3) is 0.333. The van der Waals surface area contributed by atoms with Gasteiger partial charge in [-0.05, 0) is 40.5 Å². The fourth-order valence-corrected chi connectivity index (χ4v) is 4.45. The maximum absolute atomic E-state index is 11.9. The Morgan fingerprint density at radius 1 is 0.971 bits per heavy atom. The van der Waals surface area contributed by atoms with Crippen molar-refractivity contribution in [2.24, 2.45) is 4.99 Å². The van der Waals surface area contributed by atoms with Crippen molar-refractivity contribution >= 4 is 46.6 Å². The summed E-state index contributed by atoms with van der Waals surface area (Å²) in [5, 5.41) is 8.83. The Bertz CT molecular complexity index is 1120. The van der Waals surface area contributed by atoms with E-state index >= 15 is 0 Å². The first-order chi connectivity index (χ1) is 16.2. The van der Waals surface area contributed by atoms with E-state index in [1.54, 1.807) is 7.05 Å². The van der Waals surface area contributed by atoms with Crippen LogP contribution in [0.3, 0.4) is 0 Å². The fourth-order valence-electron chi connectivity index (χ4n) is 4.45. The zero-order chi connectivity index (χ0) is 23.0. The van der Waals surface area contributed by atoms with Crippen LogP contribution in [0.4, 0.5) is 0 Å². The van der Waals surface area contributed by atoms with Crippen LogP contribution in [0.2, 0.25) is 0 Å². The van der Waals surface area contributed by atoms with Gasteiger partial charge in [0.2, 0.25) is 0 Å². The van der Waals surface area contributed by atoms with Crippen molar-refractivity contribution in [1.29, 1.82) is 0 Å². The molecule has 1 fully saturated rings. The molecule has 0 saturated carbocycles. The zero-order valence-electron chi connectivity index (χ0n) is 20.0. The van der Waals surface area contributed by atoms with Crippen LogP contribution in [0.25, 0.3) is 10.8 Å². The molecule has 3 aromatic carbocycles. The predicted molar refractivity (Wildman–Crippen MR) is 151 cm³/mol. The summed E-state index contributed by atoms with van der Waals surface area (Å²) in [5.41, 5.74) is 3.23. The van der Waals surface area contributed by atoms with Gasteiger partial charge in [-0.3, -0.25) is 14.7 Å². The molecule has 1 amide bonds. The minimum absolute atomic E-state index is 0. The number of aliphatic imine (C=N–C) groups is 1. The Balaban J connectivity index is 0.00000324. The molecule has 1 heterocycles. The number of fused-ring (bicyclic) bond motifs is 1. The summed E-state index contributed by atoms with van der Waals surface area (Å²) in [5.74, 6) is 0.893. The van der Waals surface area contributed by atoms with Crippen molar-refractivity contribution < 1.29 is 4.79 Å². The molecule has 1 aliphatic rings. The van der Waals surface area contributed by atoms with Crippen molar-refractivity contribution in [1.82, 2.24) is 20.4 Å². The smallest absolute Gasteiger partial charge is 0.251 e. The molecule has 0 atom stereocenters. The Labute approximate surface area is 219 Å². The second kappa shape index (κ2) is 12.7. The summed E-state index contributed by atoms with van der Waals surface area (Å²) < 4.78 is 0. The Kier molecular flexibility index (Phi) is 9.71. The van der Waals surface area contributed by atoms with E-state index in [4.69, 9.17) is 0 Å². The number of carbonyl (C=O) groups is 1. The number of benzene rings is 3. The summed E-state index contributed by atoms with van der Waals surface area (Å²) in [6.45, 7) is 5.69. The highest BCUT2D eigenvalue weighted by Gasteiger charge is 2.20. The average Bonchev–Trinajstić information content (AvgIpc) is 2.87. The van der Waals surface area contributed by atoms with Gasteiger partial charge in [-0.1, -0.05) is 54.6 Å². The number of guanidine groups is 1. The van der Waals surface area contributed by atoms with Gasteiger partial charge in [-0.15, -0.1) is 24.0 Å². The molecule has 0 unspecified atom stereocenters. The quantitative estimate of drug-likeness (QED) is 0.269. The second-order valence-electron chi connectivity index (χ2n) is 8.40. The Morgan fingerprint density at radius 2 is 1.71 bits per heavy atom. The molecule has 0 bridgehead atoms. The molecule has 6 nitrogen and oxygen atoms in total. The van der Waals surface area contributed by atoms with Crippen LogP contribution < -0.4 is 10.6 Å². The highest BCUT2D eigenvalue weighted by atomic mass is 127. The minimum Gasteiger partial charge on any atom is -0.356 e.